The molecule has 1 aromatic heterocycles. The first kappa shape index (κ1) is 15.6. The maximum atomic E-state index is 13.0. The minimum absolute atomic E-state index is 0.000455. The van der Waals surface area contributed by atoms with Crippen LogP contribution in [0.3, 0.4) is 0 Å². The largest absolute Gasteiger partial charge is 0.439 e. The predicted molar refractivity (Wildman–Crippen MR) is 73.5 cm³/mol. The Hall–Kier alpha value is -1.82. The zero-order chi connectivity index (χ0) is 15.7. The van der Waals surface area contributed by atoms with E-state index < -0.39 is 11.7 Å². The van der Waals surface area contributed by atoms with Gasteiger partial charge in [-0.25, -0.2) is 4.98 Å². The quantitative estimate of drug-likeness (QED) is 0.920. The van der Waals surface area contributed by atoms with Crippen LogP contribution < -0.4 is 5.32 Å². The van der Waals surface area contributed by atoms with Crippen LogP contribution in [0.4, 0.5) is 13.2 Å². The second-order valence-corrected chi connectivity index (χ2v) is 5.77. The smallest absolute Gasteiger partial charge is 0.417 e. The fourth-order valence-corrected chi connectivity index (χ4v) is 1.80. The molecule has 0 saturated carbocycles. The lowest BCUT2D eigenvalue weighted by atomic mass is 10.1. The van der Waals surface area contributed by atoms with Gasteiger partial charge in [0.25, 0.3) is 0 Å². The highest BCUT2D eigenvalue weighted by Crippen LogP contribution is 2.37. The molecule has 0 aliphatic heterocycles. The Bertz CT molecular complexity index is 612. The van der Waals surface area contributed by atoms with E-state index in [4.69, 9.17) is 4.42 Å². The average molecular weight is 298 g/mol. The molecule has 0 saturated heterocycles. The number of alkyl halides is 3. The van der Waals surface area contributed by atoms with Gasteiger partial charge in [0.1, 0.15) is 0 Å². The maximum absolute atomic E-state index is 13.0. The Morgan fingerprint density at radius 1 is 1.14 bits per heavy atom. The molecule has 0 amide bonds. The topological polar surface area (TPSA) is 38.1 Å². The molecule has 0 radical (unpaired) electrons. The number of aromatic nitrogens is 1. The monoisotopic (exact) mass is 298 g/mol. The summed E-state index contributed by atoms with van der Waals surface area (Å²) in [5.74, 6) is 0.477. The zero-order valence-electron chi connectivity index (χ0n) is 12.1. The van der Waals surface area contributed by atoms with Crippen LogP contribution in [0.25, 0.3) is 11.3 Å². The van der Waals surface area contributed by atoms with Crippen LogP contribution in [-0.2, 0) is 12.7 Å². The van der Waals surface area contributed by atoms with Crippen LogP contribution in [0, 0.1) is 0 Å². The molecule has 114 valence electrons. The van der Waals surface area contributed by atoms with Crippen molar-refractivity contribution in [2.24, 2.45) is 0 Å². The molecule has 3 nitrogen and oxygen atoms in total. The van der Waals surface area contributed by atoms with Gasteiger partial charge < -0.3 is 9.73 Å². The van der Waals surface area contributed by atoms with E-state index >= 15 is 0 Å². The molecule has 0 bridgehead atoms. The number of hydrogen-bond donors (Lipinski definition) is 1. The molecule has 1 aromatic carbocycles. The predicted octanol–water partition coefficient (Wildman–Crippen LogP) is 4.25. The zero-order valence-corrected chi connectivity index (χ0v) is 12.1. The van der Waals surface area contributed by atoms with Crippen LogP contribution in [0.15, 0.2) is 34.9 Å². The summed E-state index contributed by atoms with van der Waals surface area (Å²) in [5, 5.41) is 3.17. The van der Waals surface area contributed by atoms with Crippen molar-refractivity contribution in [1.82, 2.24) is 10.3 Å². The minimum atomic E-state index is -4.42. The van der Waals surface area contributed by atoms with E-state index in [2.05, 4.69) is 10.3 Å². The molecular formula is C15H17F3N2O. The number of oxazole rings is 1. The Balaban J connectivity index is 2.26. The molecule has 0 aliphatic rings. The molecule has 1 N–H and O–H groups in total. The molecule has 2 aromatic rings. The molecular weight excluding hydrogens is 281 g/mol. The van der Waals surface area contributed by atoms with Crippen LogP contribution in [-0.4, -0.2) is 10.5 Å². The van der Waals surface area contributed by atoms with Crippen molar-refractivity contribution in [3.8, 4) is 11.3 Å². The molecule has 21 heavy (non-hydrogen) atoms. The molecule has 6 heteroatoms. The highest BCUT2D eigenvalue weighted by molar-refractivity contribution is 5.62. The lowest BCUT2D eigenvalue weighted by molar-refractivity contribution is -0.137. The van der Waals surface area contributed by atoms with Crippen molar-refractivity contribution in [1.29, 1.82) is 0 Å². The van der Waals surface area contributed by atoms with Crippen molar-refractivity contribution in [3.63, 3.8) is 0 Å². The first-order valence-corrected chi connectivity index (χ1v) is 6.53. The second kappa shape index (κ2) is 5.52. The van der Waals surface area contributed by atoms with E-state index in [1.807, 2.05) is 20.8 Å². The fourth-order valence-electron chi connectivity index (χ4n) is 1.80. The highest BCUT2D eigenvalue weighted by atomic mass is 19.4. The Morgan fingerprint density at radius 2 is 1.81 bits per heavy atom. The third-order valence-electron chi connectivity index (χ3n) is 2.82. The Kier molecular flexibility index (Phi) is 4.09. The van der Waals surface area contributed by atoms with Gasteiger partial charge in [-0.3, -0.25) is 0 Å². The maximum Gasteiger partial charge on any atom is 0.417 e. The summed E-state index contributed by atoms with van der Waals surface area (Å²) in [7, 11) is 0. The van der Waals surface area contributed by atoms with E-state index in [-0.39, 0.29) is 16.9 Å². The summed E-state index contributed by atoms with van der Waals surface area (Å²) < 4.78 is 44.3. The Labute approximate surface area is 121 Å². The summed E-state index contributed by atoms with van der Waals surface area (Å²) in [5.41, 5.74) is -0.852. The van der Waals surface area contributed by atoms with E-state index in [1.165, 1.54) is 18.3 Å². The molecule has 1 heterocycles. The van der Waals surface area contributed by atoms with Crippen molar-refractivity contribution in [3.05, 3.63) is 41.9 Å². The average Bonchev–Trinajstić information content (AvgIpc) is 2.83. The molecule has 0 aliphatic carbocycles. The molecule has 0 unspecified atom stereocenters. The van der Waals surface area contributed by atoms with Crippen LogP contribution >= 0.6 is 0 Å². The van der Waals surface area contributed by atoms with Gasteiger partial charge in [0.2, 0.25) is 5.89 Å². The number of nitrogens with one attached hydrogen (secondary N) is 1. The van der Waals surface area contributed by atoms with E-state index in [1.54, 1.807) is 6.07 Å². The molecule has 2 rings (SSSR count). The van der Waals surface area contributed by atoms with Gasteiger partial charge in [0.05, 0.1) is 18.3 Å². The Morgan fingerprint density at radius 3 is 2.43 bits per heavy atom. The summed E-state index contributed by atoms with van der Waals surface area (Å²) >= 11 is 0. The van der Waals surface area contributed by atoms with Gasteiger partial charge >= 0.3 is 6.18 Å². The number of nitrogens with zero attached hydrogens (tertiary/aromatic N) is 1. The highest BCUT2D eigenvalue weighted by Gasteiger charge is 2.34. The molecule has 0 spiro atoms. The van der Waals surface area contributed by atoms with Gasteiger partial charge in [-0.1, -0.05) is 18.2 Å². The van der Waals surface area contributed by atoms with Gasteiger partial charge in [0, 0.05) is 11.1 Å². The fraction of sp³-hybridized carbons (Fsp3) is 0.400. The lowest BCUT2D eigenvalue weighted by Crippen LogP contribution is -2.35. The van der Waals surface area contributed by atoms with E-state index in [0.29, 0.717) is 12.4 Å². The molecule has 0 atom stereocenters. The van der Waals surface area contributed by atoms with Crippen molar-refractivity contribution >= 4 is 0 Å². The summed E-state index contributed by atoms with van der Waals surface area (Å²) in [6, 6.07) is 5.31. The lowest BCUT2D eigenvalue weighted by Gasteiger charge is -2.18. The van der Waals surface area contributed by atoms with Crippen molar-refractivity contribution < 1.29 is 17.6 Å². The van der Waals surface area contributed by atoms with Crippen LogP contribution in [0.5, 0.6) is 0 Å². The molecule has 0 fully saturated rings. The summed E-state index contributed by atoms with van der Waals surface area (Å²) in [4.78, 5) is 4.02. The van der Waals surface area contributed by atoms with Gasteiger partial charge in [-0.15, -0.1) is 0 Å². The number of hydrogen-bond acceptors (Lipinski definition) is 3. The SMILES string of the molecule is CC(C)(C)NCc1ncc(-c2ccccc2C(F)(F)F)o1. The van der Waals surface area contributed by atoms with Gasteiger partial charge in [0.15, 0.2) is 5.76 Å². The number of rotatable bonds is 3. The van der Waals surface area contributed by atoms with Gasteiger partial charge in [-0.05, 0) is 26.8 Å². The minimum Gasteiger partial charge on any atom is -0.439 e. The first-order chi connectivity index (χ1) is 9.67. The number of halogens is 3. The third-order valence-corrected chi connectivity index (χ3v) is 2.82. The van der Waals surface area contributed by atoms with Gasteiger partial charge in [-0.2, -0.15) is 13.2 Å². The van der Waals surface area contributed by atoms with E-state index in [0.717, 1.165) is 6.07 Å². The standard InChI is InChI=1S/C15H17F3N2O/c1-14(2,3)20-9-13-19-8-12(21-13)10-6-4-5-7-11(10)15(16,17)18/h4-8,20H,9H2,1-3H3. The van der Waals surface area contributed by atoms with Crippen LogP contribution in [0.2, 0.25) is 0 Å². The third kappa shape index (κ3) is 4.07. The van der Waals surface area contributed by atoms with Crippen LogP contribution in [0.1, 0.15) is 32.2 Å². The van der Waals surface area contributed by atoms with Crippen molar-refractivity contribution in [2.45, 2.75) is 39.0 Å². The summed E-state index contributed by atoms with van der Waals surface area (Å²) in [6.45, 7) is 6.30. The second-order valence-electron chi connectivity index (χ2n) is 5.77. The normalized spacial score (nSPS) is 12.7. The van der Waals surface area contributed by atoms with E-state index in [9.17, 15) is 13.2 Å². The first-order valence-electron chi connectivity index (χ1n) is 6.53. The number of benzene rings is 1. The van der Waals surface area contributed by atoms with Crippen molar-refractivity contribution in [2.75, 3.05) is 0 Å². The summed E-state index contributed by atoms with van der Waals surface area (Å²) in [6.07, 6.45) is -3.10.